The SMILES string of the molecule is COS(C)(OC)c1ccc(CCl)cc1. The first-order valence-corrected chi connectivity index (χ1v) is 6.63. The van der Waals surface area contributed by atoms with E-state index in [9.17, 15) is 0 Å². The van der Waals surface area contributed by atoms with Gasteiger partial charge in [0, 0.05) is 12.1 Å². The monoisotopic (exact) mass is 234 g/mol. The third-order valence-electron chi connectivity index (χ3n) is 2.14. The highest BCUT2D eigenvalue weighted by atomic mass is 35.5. The zero-order valence-corrected chi connectivity index (χ0v) is 10.2. The number of hydrogen-bond donors (Lipinski definition) is 0. The van der Waals surface area contributed by atoms with Crippen molar-refractivity contribution < 1.29 is 8.37 Å². The first-order valence-electron chi connectivity index (χ1n) is 4.20. The van der Waals surface area contributed by atoms with Gasteiger partial charge in [0.25, 0.3) is 0 Å². The Bertz CT molecular complexity index is 283. The molecule has 1 aromatic carbocycles. The van der Waals surface area contributed by atoms with Crippen molar-refractivity contribution in [3.63, 3.8) is 0 Å². The molecule has 2 nitrogen and oxygen atoms in total. The molecule has 0 saturated heterocycles. The molecule has 0 unspecified atom stereocenters. The first kappa shape index (κ1) is 11.9. The zero-order chi connectivity index (χ0) is 10.6. The van der Waals surface area contributed by atoms with Crippen molar-refractivity contribution in [2.24, 2.45) is 0 Å². The van der Waals surface area contributed by atoms with Crippen LogP contribution in [0.3, 0.4) is 0 Å². The predicted molar refractivity (Wildman–Crippen MR) is 61.8 cm³/mol. The minimum absolute atomic E-state index is 0.534. The highest BCUT2D eigenvalue weighted by molar-refractivity contribution is 8.25. The number of benzene rings is 1. The van der Waals surface area contributed by atoms with Crippen LogP contribution in [0.5, 0.6) is 0 Å². The molecule has 0 radical (unpaired) electrons. The molecule has 1 rings (SSSR count). The van der Waals surface area contributed by atoms with Gasteiger partial charge >= 0.3 is 0 Å². The Morgan fingerprint density at radius 2 is 1.64 bits per heavy atom. The van der Waals surface area contributed by atoms with Gasteiger partial charge in [-0.2, -0.15) is 10.6 Å². The van der Waals surface area contributed by atoms with Crippen molar-refractivity contribution in [2.45, 2.75) is 10.8 Å². The number of alkyl halides is 1. The standard InChI is InChI=1S/C10H15ClO2S/c1-12-14(3,13-2)10-6-4-9(8-11)5-7-10/h4-7H,8H2,1-3H3. The maximum absolute atomic E-state index is 5.71. The van der Waals surface area contributed by atoms with E-state index in [0.29, 0.717) is 5.88 Å². The van der Waals surface area contributed by atoms with E-state index in [1.165, 1.54) is 0 Å². The summed E-state index contributed by atoms with van der Waals surface area (Å²) in [4.78, 5) is 1.07. The van der Waals surface area contributed by atoms with Gasteiger partial charge < -0.3 is 0 Å². The Kier molecular flexibility index (Phi) is 4.26. The van der Waals surface area contributed by atoms with Crippen molar-refractivity contribution >= 4 is 22.2 Å². The molecule has 0 fully saturated rings. The van der Waals surface area contributed by atoms with Gasteiger partial charge in [0.15, 0.2) is 0 Å². The highest BCUT2D eigenvalue weighted by Crippen LogP contribution is 2.53. The third-order valence-corrected chi connectivity index (χ3v) is 4.85. The Morgan fingerprint density at radius 1 is 1.14 bits per heavy atom. The number of halogens is 1. The zero-order valence-electron chi connectivity index (χ0n) is 8.62. The summed E-state index contributed by atoms with van der Waals surface area (Å²) < 4.78 is 10.7. The summed E-state index contributed by atoms with van der Waals surface area (Å²) in [6, 6.07) is 7.98. The third kappa shape index (κ3) is 2.42. The van der Waals surface area contributed by atoms with E-state index in [2.05, 4.69) is 0 Å². The van der Waals surface area contributed by atoms with Crippen LogP contribution < -0.4 is 0 Å². The molecule has 0 aliphatic rings. The largest absolute Gasteiger partial charge is 0.283 e. The molecule has 0 N–H and O–H groups in total. The van der Waals surface area contributed by atoms with Crippen LogP contribution >= 0.6 is 22.2 Å². The molecule has 0 saturated carbocycles. The van der Waals surface area contributed by atoms with Gasteiger partial charge in [0.05, 0.1) is 19.1 Å². The molecule has 4 heteroatoms. The van der Waals surface area contributed by atoms with Crippen molar-refractivity contribution in [2.75, 3.05) is 20.5 Å². The van der Waals surface area contributed by atoms with Gasteiger partial charge in [-0.25, -0.2) is 0 Å². The molecule has 1 aromatic rings. The second-order valence-electron chi connectivity index (χ2n) is 2.88. The second kappa shape index (κ2) is 5.03. The van der Waals surface area contributed by atoms with Gasteiger partial charge in [0.1, 0.15) is 0 Å². The van der Waals surface area contributed by atoms with Crippen LogP contribution in [0.2, 0.25) is 0 Å². The Balaban J connectivity index is 2.95. The molecule has 0 heterocycles. The average molecular weight is 235 g/mol. The van der Waals surface area contributed by atoms with Crippen LogP contribution in [-0.4, -0.2) is 20.5 Å². The maximum Gasteiger partial charge on any atom is 0.0608 e. The minimum Gasteiger partial charge on any atom is -0.283 e. The molecule has 0 bridgehead atoms. The molecule has 0 amide bonds. The summed E-state index contributed by atoms with van der Waals surface area (Å²) in [6.07, 6.45) is 1.96. The van der Waals surface area contributed by atoms with E-state index >= 15 is 0 Å². The average Bonchev–Trinajstić information content (AvgIpc) is 2.28. The van der Waals surface area contributed by atoms with Crippen LogP contribution in [-0.2, 0) is 14.2 Å². The van der Waals surface area contributed by atoms with E-state index in [1.807, 2.05) is 30.5 Å². The van der Waals surface area contributed by atoms with Crippen molar-refractivity contribution in [1.29, 1.82) is 0 Å². The van der Waals surface area contributed by atoms with E-state index in [4.69, 9.17) is 20.0 Å². The minimum atomic E-state index is -1.56. The van der Waals surface area contributed by atoms with Crippen LogP contribution in [0.1, 0.15) is 5.56 Å². The fourth-order valence-corrected chi connectivity index (χ4v) is 2.42. The van der Waals surface area contributed by atoms with Gasteiger partial charge in [-0.3, -0.25) is 8.37 Å². The Hall–Kier alpha value is -0.220. The molecule has 80 valence electrons. The molecule has 0 aliphatic carbocycles. The lowest BCUT2D eigenvalue weighted by molar-refractivity contribution is 0.351. The molecular weight excluding hydrogens is 220 g/mol. The normalized spacial score (nSPS) is 12.9. The fraction of sp³-hybridized carbons (Fsp3) is 0.400. The molecular formula is C10H15ClO2S. The summed E-state index contributed by atoms with van der Waals surface area (Å²) in [5.74, 6) is 0.534. The summed E-state index contributed by atoms with van der Waals surface area (Å²) >= 11 is 5.71. The van der Waals surface area contributed by atoms with Gasteiger partial charge in [0.2, 0.25) is 0 Å². The molecule has 0 aliphatic heterocycles. The van der Waals surface area contributed by atoms with Crippen LogP contribution in [0.25, 0.3) is 0 Å². The van der Waals surface area contributed by atoms with E-state index in [0.717, 1.165) is 10.5 Å². The van der Waals surface area contributed by atoms with Crippen LogP contribution in [0.15, 0.2) is 29.2 Å². The van der Waals surface area contributed by atoms with E-state index < -0.39 is 10.6 Å². The predicted octanol–water partition coefficient (Wildman–Crippen LogP) is 3.34. The van der Waals surface area contributed by atoms with Crippen molar-refractivity contribution in [1.82, 2.24) is 0 Å². The van der Waals surface area contributed by atoms with Crippen molar-refractivity contribution in [3.05, 3.63) is 29.8 Å². The lowest BCUT2D eigenvalue weighted by Gasteiger charge is -2.36. The number of rotatable bonds is 4. The smallest absolute Gasteiger partial charge is 0.0608 e. The highest BCUT2D eigenvalue weighted by Gasteiger charge is 2.14. The van der Waals surface area contributed by atoms with E-state index in [1.54, 1.807) is 14.2 Å². The quantitative estimate of drug-likeness (QED) is 0.744. The number of hydrogen-bond acceptors (Lipinski definition) is 2. The molecule has 14 heavy (non-hydrogen) atoms. The second-order valence-corrected chi connectivity index (χ2v) is 5.83. The molecule has 0 atom stereocenters. The maximum atomic E-state index is 5.71. The van der Waals surface area contributed by atoms with Gasteiger partial charge in [-0.1, -0.05) is 12.1 Å². The lowest BCUT2D eigenvalue weighted by Crippen LogP contribution is -2.02. The lowest BCUT2D eigenvalue weighted by atomic mass is 10.2. The topological polar surface area (TPSA) is 18.5 Å². The summed E-state index contributed by atoms with van der Waals surface area (Å²) in [5, 5.41) is 0. The Morgan fingerprint density at radius 3 is 2.00 bits per heavy atom. The summed E-state index contributed by atoms with van der Waals surface area (Å²) in [7, 11) is 1.76. The summed E-state index contributed by atoms with van der Waals surface area (Å²) in [5.41, 5.74) is 1.10. The van der Waals surface area contributed by atoms with Crippen LogP contribution in [0.4, 0.5) is 0 Å². The van der Waals surface area contributed by atoms with Gasteiger partial charge in [-0.05, 0) is 17.7 Å². The summed E-state index contributed by atoms with van der Waals surface area (Å²) in [6.45, 7) is 0. The van der Waals surface area contributed by atoms with E-state index in [-0.39, 0.29) is 0 Å². The first-order chi connectivity index (χ1) is 6.66. The van der Waals surface area contributed by atoms with Gasteiger partial charge in [-0.15, -0.1) is 11.6 Å². The van der Waals surface area contributed by atoms with Crippen LogP contribution in [0, 0.1) is 0 Å². The fourth-order valence-electron chi connectivity index (χ4n) is 1.09. The molecule has 0 spiro atoms. The van der Waals surface area contributed by atoms with Crippen molar-refractivity contribution in [3.8, 4) is 0 Å². The molecule has 0 aromatic heterocycles. The Labute approximate surface area is 91.9 Å².